The molecule has 0 aromatic heterocycles. The van der Waals surface area contributed by atoms with Crippen LogP contribution in [-0.4, -0.2) is 11.0 Å². The van der Waals surface area contributed by atoms with Gasteiger partial charge in [-0.05, 0) is 59.7 Å². The monoisotopic (exact) mass is 328 g/mol. The zero-order valence-electron chi connectivity index (χ0n) is 12.8. The van der Waals surface area contributed by atoms with Gasteiger partial charge in [0, 0.05) is 23.5 Å². The van der Waals surface area contributed by atoms with Crippen LogP contribution in [0.2, 0.25) is 0 Å². The molecule has 0 saturated carbocycles. The highest BCUT2D eigenvalue weighted by molar-refractivity contribution is 7.97. The topological polar surface area (TPSA) is 61.4 Å². The molecule has 4 nitrogen and oxygen atoms in total. The molecule has 0 bridgehead atoms. The first-order chi connectivity index (χ1) is 11.2. The van der Waals surface area contributed by atoms with Crippen molar-refractivity contribution in [3.05, 3.63) is 59.2 Å². The first-order valence-electron chi connectivity index (χ1n) is 7.76. The Hall–Kier alpha value is -1.82. The maximum atomic E-state index is 11.6. The molecular weight excluding hydrogens is 308 g/mol. The molecule has 1 aliphatic heterocycles. The van der Waals surface area contributed by atoms with Gasteiger partial charge in [-0.1, -0.05) is 24.3 Å². The molecule has 0 unspecified atom stereocenters. The summed E-state index contributed by atoms with van der Waals surface area (Å²) in [4.78, 5) is 12.7. The Morgan fingerprint density at radius 1 is 1.09 bits per heavy atom. The Morgan fingerprint density at radius 2 is 1.87 bits per heavy atom. The third-order valence-corrected chi connectivity index (χ3v) is 4.65. The number of amides is 1. The van der Waals surface area contributed by atoms with Gasteiger partial charge in [-0.3, -0.25) is 9.52 Å². The molecule has 120 valence electrons. The summed E-state index contributed by atoms with van der Waals surface area (Å²) < 4.78 is 3.35. The van der Waals surface area contributed by atoms with Gasteiger partial charge in [-0.25, -0.2) is 0 Å². The molecule has 23 heavy (non-hydrogen) atoms. The van der Waals surface area contributed by atoms with Crippen molar-refractivity contribution < 1.29 is 9.90 Å². The molecule has 2 aromatic carbocycles. The van der Waals surface area contributed by atoms with E-state index in [1.807, 2.05) is 36.4 Å². The summed E-state index contributed by atoms with van der Waals surface area (Å²) in [5, 5.41) is 12.0. The molecule has 1 amide bonds. The van der Waals surface area contributed by atoms with E-state index in [9.17, 15) is 4.79 Å². The second-order valence-electron chi connectivity index (χ2n) is 5.62. The number of carbonyl (C=O) groups is 1. The van der Waals surface area contributed by atoms with Gasteiger partial charge in [0.25, 0.3) is 0 Å². The lowest BCUT2D eigenvalue weighted by atomic mass is 10.1. The van der Waals surface area contributed by atoms with E-state index in [-0.39, 0.29) is 12.5 Å². The van der Waals surface area contributed by atoms with Crippen LogP contribution in [0.1, 0.15) is 29.5 Å². The van der Waals surface area contributed by atoms with Crippen LogP contribution < -0.4 is 10.0 Å². The fourth-order valence-corrected chi connectivity index (χ4v) is 3.32. The molecular formula is C18H20N2O2S. The van der Waals surface area contributed by atoms with Crippen molar-refractivity contribution >= 4 is 23.5 Å². The fraction of sp³-hybridized carbons (Fsp3) is 0.278. The Kier molecular flexibility index (Phi) is 5.33. The number of aliphatic hydroxyl groups excluding tert-OH is 1. The summed E-state index contributed by atoms with van der Waals surface area (Å²) in [6.45, 7) is 0.832. The van der Waals surface area contributed by atoms with Crippen LogP contribution in [0.15, 0.2) is 47.4 Å². The number of anilines is 1. The van der Waals surface area contributed by atoms with E-state index in [1.54, 1.807) is 11.9 Å². The first kappa shape index (κ1) is 16.1. The van der Waals surface area contributed by atoms with Crippen molar-refractivity contribution in [3.8, 4) is 0 Å². The van der Waals surface area contributed by atoms with Crippen molar-refractivity contribution in [3.63, 3.8) is 0 Å². The second kappa shape index (κ2) is 7.64. The SMILES string of the molecule is O=C1CCCc2cc(SNCc3ccc(CO)cc3)ccc2N1. The number of hydrogen-bond acceptors (Lipinski definition) is 4. The highest BCUT2D eigenvalue weighted by Gasteiger charge is 2.13. The third kappa shape index (κ3) is 4.34. The van der Waals surface area contributed by atoms with Crippen molar-refractivity contribution in [2.24, 2.45) is 0 Å². The number of rotatable bonds is 5. The maximum Gasteiger partial charge on any atom is 0.224 e. The number of aliphatic hydroxyl groups is 1. The normalized spacial score (nSPS) is 14.0. The predicted molar refractivity (Wildman–Crippen MR) is 93.1 cm³/mol. The van der Waals surface area contributed by atoms with E-state index in [1.165, 1.54) is 11.1 Å². The van der Waals surface area contributed by atoms with Crippen LogP contribution in [0.5, 0.6) is 0 Å². The second-order valence-corrected chi connectivity index (χ2v) is 6.58. The third-order valence-electron chi connectivity index (χ3n) is 3.87. The molecule has 1 aliphatic rings. The van der Waals surface area contributed by atoms with Gasteiger partial charge in [0.2, 0.25) is 5.91 Å². The smallest absolute Gasteiger partial charge is 0.224 e. The van der Waals surface area contributed by atoms with Crippen molar-refractivity contribution in [1.29, 1.82) is 0 Å². The average Bonchev–Trinajstić information content (AvgIpc) is 2.76. The number of hydrogen-bond donors (Lipinski definition) is 3. The van der Waals surface area contributed by atoms with Gasteiger partial charge in [-0.15, -0.1) is 0 Å². The van der Waals surface area contributed by atoms with Crippen LogP contribution in [0.3, 0.4) is 0 Å². The largest absolute Gasteiger partial charge is 0.392 e. The van der Waals surface area contributed by atoms with Crippen LogP contribution in [0.25, 0.3) is 0 Å². The lowest BCUT2D eigenvalue weighted by Crippen LogP contribution is -2.09. The predicted octanol–water partition coefficient (Wildman–Crippen LogP) is 3.25. The number of nitrogens with one attached hydrogen (secondary N) is 2. The zero-order chi connectivity index (χ0) is 16.1. The first-order valence-corrected chi connectivity index (χ1v) is 8.57. The molecule has 3 rings (SSSR count). The summed E-state index contributed by atoms with van der Waals surface area (Å²) in [5.41, 5.74) is 4.25. The summed E-state index contributed by atoms with van der Waals surface area (Å²) in [6.07, 6.45) is 2.43. The van der Waals surface area contributed by atoms with Crippen molar-refractivity contribution in [1.82, 2.24) is 4.72 Å². The molecule has 0 spiro atoms. The van der Waals surface area contributed by atoms with E-state index in [0.29, 0.717) is 6.42 Å². The van der Waals surface area contributed by atoms with Gasteiger partial charge in [-0.2, -0.15) is 0 Å². The Balaban J connectivity index is 1.58. The minimum atomic E-state index is 0.0775. The van der Waals surface area contributed by atoms with Crippen molar-refractivity contribution in [2.45, 2.75) is 37.3 Å². The highest BCUT2D eigenvalue weighted by atomic mass is 32.2. The minimum absolute atomic E-state index is 0.0775. The Morgan fingerprint density at radius 3 is 2.65 bits per heavy atom. The fourth-order valence-electron chi connectivity index (χ4n) is 2.58. The van der Waals surface area contributed by atoms with Gasteiger partial charge in [0.15, 0.2) is 0 Å². The summed E-state index contributed by atoms with van der Waals surface area (Å²) in [5.74, 6) is 0.105. The summed E-state index contributed by atoms with van der Waals surface area (Å²) in [6, 6.07) is 14.1. The molecule has 2 aromatic rings. The van der Waals surface area contributed by atoms with Crippen molar-refractivity contribution in [2.75, 3.05) is 5.32 Å². The van der Waals surface area contributed by atoms with Crippen LogP contribution in [0, 0.1) is 0 Å². The van der Waals surface area contributed by atoms with Crippen LogP contribution in [0.4, 0.5) is 5.69 Å². The molecule has 0 aliphatic carbocycles. The number of fused-ring (bicyclic) bond motifs is 1. The standard InChI is InChI=1S/C18H20N2O2S/c21-12-14-6-4-13(5-7-14)11-19-23-16-8-9-17-15(10-16)2-1-3-18(22)20-17/h4-10,19,21H,1-3,11-12H2,(H,20,22). The quantitative estimate of drug-likeness (QED) is 0.737. The minimum Gasteiger partial charge on any atom is -0.392 e. The molecule has 0 saturated heterocycles. The lowest BCUT2D eigenvalue weighted by molar-refractivity contribution is -0.116. The van der Waals surface area contributed by atoms with Gasteiger partial charge in [0.1, 0.15) is 0 Å². The summed E-state index contributed by atoms with van der Waals surface area (Å²) >= 11 is 1.59. The van der Waals surface area contributed by atoms with E-state index < -0.39 is 0 Å². The Labute approximate surface area is 140 Å². The van der Waals surface area contributed by atoms with Gasteiger partial charge in [0.05, 0.1) is 6.61 Å². The molecule has 3 N–H and O–H groups in total. The molecule has 0 atom stereocenters. The molecule has 0 radical (unpaired) electrons. The molecule has 1 heterocycles. The number of aryl methyl sites for hydroxylation is 1. The highest BCUT2D eigenvalue weighted by Crippen LogP contribution is 2.27. The number of carbonyl (C=O) groups excluding carboxylic acids is 1. The lowest BCUT2D eigenvalue weighted by Gasteiger charge is -2.10. The molecule has 5 heteroatoms. The van der Waals surface area contributed by atoms with Gasteiger partial charge < -0.3 is 10.4 Å². The summed E-state index contributed by atoms with van der Waals surface area (Å²) in [7, 11) is 0. The Bertz CT molecular complexity index is 686. The zero-order valence-corrected chi connectivity index (χ0v) is 13.7. The van der Waals surface area contributed by atoms with Crippen LogP contribution in [-0.2, 0) is 24.4 Å². The van der Waals surface area contributed by atoms with E-state index in [0.717, 1.165) is 35.5 Å². The molecule has 0 fully saturated rings. The van der Waals surface area contributed by atoms with Crippen LogP contribution >= 0.6 is 11.9 Å². The number of benzene rings is 2. The van der Waals surface area contributed by atoms with E-state index >= 15 is 0 Å². The van der Waals surface area contributed by atoms with E-state index in [2.05, 4.69) is 16.1 Å². The average molecular weight is 328 g/mol. The van der Waals surface area contributed by atoms with Gasteiger partial charge >= 0.3 is 0 Å². The van der Waals surface area contributed by atoms with E-state index in [4.69, 9.17) is 5.11 Å². The maximum absolute atomic E-state index is 11.6.